The van der Waals surface area contributed by atoms with E-state index >= 15 is 0 Å². The first-order valence-electron chi connectivity index (χ1n) is 9.67. The lowest BCUT2D eigenvalue weighted by molar-refractivity contribution is -0.121. The number of phenols is 2. The summed E-state index contributed by atoms with van der Waals surface area (Å²) in [5, 5.41) is 25.1. The number of hydrogen-bond donors (Lipinski definition) is 4. The quantitative estimate of drug-likeness (QED) is 0.342. The Hall–Kier alpha value is -2.53. The molecule has 5 heteroatoms. The molecule has 0 unspecified atom stereocenters. The zero-order valence-electron chi connectivity index (χ0n) is 15.8. The molecule has 27 heavy (non-hydrogen) atoms. The molecule has 2 rings (SSSR count). The van der Waals surface area contributed by atoms with Gasteiger partial charge in [0.05, 0.1) is 0 Å². The summed E-state index contributed by atoms with van der Waals surface area (Å²) >= 11 is 0. The molecule has 0 heterocycles. The number of nitrogens with one attached hydrogen (secondary N) is 2. The van der Waals surface area contributed by atoms with E-state index in [1.807, 2.05) is 24.3 Å². The lowest BCUT2D eigenvalue weighted by atomic mass is 10.1. The first-order valence-corrected chi connectivity index (χ1v) is 9.67. The fourth-order valence-corrected chi connectivity index (χ4v) is 2.87. The summed E-state index contributed by atoms with van der Waals surface area (Å²) in [6.07, 6.45) is 5.23. The molecule has 2 aromatic carbocycles. The molecule has 0 aliphatic carbocycles. The smallest absolute Gasteiger partial charge is 0.220 e. The second-order valence-corrected chi connectivity index (χ2v) is 6.72. The molecule has 0 aromatic heterocycles. The number of aromatic hydroxyl groups is 2. The predicted octanol–water partition coefficient (Wildman–Crippen LogP) is 3.15. The third-order valence-electron chi connectivity index (χ3n) is 4.47. The van der Waals surface area contributed by atoms with Gasteiger partial charge in [-0.05, 0) is 62.0 Å². The van der Waals surface area contributed by atoms with E-state index in [1.54, 1.807) is 6.07 Å². The van der Waals surface area contributed by atoms with Crippen molar-refractivity contribution in [1.29, 1.82) is 0 Å². The van der Waals surface area contributed by atoms with Gasteiger partial charge in [0.25, 0.3) is 0 Å². The number of amides is 1. The Bertz CT molecular complexity index is 689. The van der Waals surface area contributed by atoms with E-state index in [-0.39, 0.29) is 17.4 Å². The Morgan fingerprint density at radius 2 is 1.56 bits per heavy atom. The van der Waals surface area contributed by atoms with Crippen LogP contribution in [0.25, 0.3) is 0 Å². The van der Waals surface area contributed by atoms with Gasteiger partial charge in [0, 0.05) is 13.0 Å². The lowest BCUT2D eigenvalue weighted by Gasteiger charge is -2.07. The summed E-state index contributed by atoms with van der Waals surface area (Å²) in [7, 11) is 0. The predicted molar refractivity (Wildman–Crippen MR) is 108 cm³/mol. The van der Waals surface area contributed by atoms with Crippen LogP contribution in [0.2, 0.25) is 0 Å². The largest absolute Gasteiger partial charge is 0.504 e. The summed E-state index contributed by atoms with van der Waals surface area (Å²) in [4.78, 5) is 11.8. The number of phenolic OH excluding ortho intramolecular Hbond substituents is 2. The van der Waals surface area contributed by atoms with Gasteiger partial charge in [-0.15, -0.1) is 0 Å². The molecule has 0 atom stereocenters. The number of hydrogen-bond acceptors (Lipinski definition) is 4. The Kier molecular flexibility index (Phi) is 9.21. The molecule has 0 bridgehead atoms. The summed E-state index contributed by atoms with van der Waals surface area (Å²) in [5.41, 5.74) is 2.23. The van der Waals surface area contributed by atoms with Crippen molar-refractivity contribution in [3.05, 3.63) is 59.7 Å². The zero-order valence-corrected chi connectivity index (χ0v) is 15.8. The number of carbonyl (C=O) groups excluding carboxylic acids is 1. The maximum Gasteiger partial charge on any atom is 0.220 e. The molecule has 0 saturated carbocycles. The van der Waals surface area contributed by atoms with Crippen molar-refractivity contribution in [1.82, 2.24) is 10.6 Å². The first-order chi connectivity index (χ1) is 13.1. The highest BCUT2D eigenvalue weighted by Crippen LogP contribution is 2.24. The first kappa shape index (κ1) is 20.8. The maximum atomic E-state index is 11.8. The molecule has 0 aliphatic heterocycles. The van der Waals surface area contributed by atoms with E-state index in [0.29, 0.717) is 13.0 Å². The van der Waals surface area contributed by atoms with Crippen molar-refractivity contribution >= 4 is 5.91 Å². The molecule has 5 nitrogen and oxygen atoms in total. The lowest BCUT2D eigenvalue weighted by Crippen LogP contribution is -2.25. The molecule has 1 amide bonds. The molecule has 0 saturated heterocycles. The molecular weight excluding hydrogens is 340 g/mol. The van der Waals surface area contributed by atoms with Gasteiger partial charge in [0.2, 0.25) is 5.91 Å². The Labute approximate surface area is 161 Å². The molecule has 0 spiro atoms. The van der Waals surface area contributed by atoms with Crippen LogP contribution in [0.3, 0.4) is 0 Å². The van der Waals surface area contributed by atoms with Gasteiger partial charge in [-0.2, -0.15) is 0 Å². The van der Waals surface area contributed by atoms with E-state index < -0.39 is 0 Å². The second kappa shape index (κ2) is 12.0. The Balaban J connectivity index is 1.42. The Morgan fingerprint density at radius 3 is 2.33 bits per heavy atom. The van der Waals surface area contributed by atoms with E-state index in [9.17, 15) is 15.0 Å². The topological polar surface area (TPSA) is 81.6 Å². The van der Waals surface area contributed by atoms with Crippen molar-refractivity contribution in [3.8, 4) is 11.5 Å². The molecule has 146 valence electrons. The molecule has 4 N–H and O–H groups in total. The van der Waals surface area contributed by atoms with Crippen molar-refractivity contribution in [2.24, 2.45) is 0 Å². The van der Waals surface area contributed by atoms with Gasteiger partial charge in [0.1, 0.15) is 0 Å². The second-order valence-electron chi connectivity index (χ2n) is 6.72. The third-order valence-corrected chi connectivity index (χ3v) is 4.47. The zero-order chi connectivity index (χ0) is 19.3. The van der Waals surface area contributed by atoms with Crippen molar-refractivity contribution in [3.63, 3.8) is 0 Å². The van der Waals surface area contributed by atoms with Crippen LogP contribution in [0.4, 0.5) is 0 Å². The number of benzene rings is 2. The van der Waals surface area contributed by atoms with Gasteiger partial charge < -0.3 is 20.8 Å². The van der Waals surface area contributed by atoms with Gasteiger partial charge in [-0.1, -0.05) is 42.8 Å². The van der Waals surface area contributed by atoms with E-state index in [1.165, 1.54) is 11.6 Å². The standard InChI is InChI=1S/C22H30N2O3/c25-20-11-10-19(17-21(20)26)12-15-23-14-6-2-5-9-22(27)24-16-13-18-7-3-1-4-8-18/h1,3-4,7-8,10-11,17,23,25-26H,2,5-6,9,12-16H2,(H,24,27). The van der Waals surface area contributed by atoms with Crippen molar-refractivity contribution < 1.29 is 15.0 Å². The molecular formula is C22H30N2O3. The maximum absolute atomic E-state index is 11.8. The summed E-state index contributed by atoms with van der Waals surface area (Å²) < 4.78 is 0. The SMILES string of the molecule is O=C(CCCCCNCCc1ccc(O)c(O)c1)NCCc1ccccc1. The van der Waals surface area contributed by atoms with Crippen molar-refractivity contribution in [2.75, 3.05) is 19.6 Å². The summed E-state index contributed by atoms with van der Waals surface area (Å²) in [6, 6.07) is 15.1. The van der Waals surface area contributed by atoms with Crippen LogP contribution >= 0.6 is 0 Å². The monoisotopic (exact) mass is 370 g/mol. The van der Waals surface area contributed by atoms with Crippen LogP contribution in [0.5, 0.6) is 11.5 Å². The van der Waals surface area contributed by atoms with E-state index in [2.05, 4.69) is 22.8 Å². The summed E-state index contributed by atoms with van der Waals surface area (Å²) in [6.45, 7) is 2.43. The minimum Gasteiger partial charge on any atom is -0.504 e. The average Bonchev–Trinajstić information content (AvgIpc) is 2.67. The molecule has 0 aliphatic rings. The fourth-order valence-electron chi connectivity index (χ4n) is 2.87. The number of unbranched alkanes of at least 4 members (excludes halogenated alkanes) is 2. The fraction of sp³-hybridized carbons (Fsp3) is 0.409. The minimum atomic E-state index is -0.0872. The highest BCUT2D eigenvalue weighted by molar-refractivity contribution is 5.75. The molecule has 0 fully saturated rings. The van der Waals surface area contributed by atoms with E-state index in [4.69, 9.17) is 0 Å². The minimum absolute atomic E-state index is 0.0745. The van der Waals surface area contributed by atoms with Crippen LogP contribution in [0, 0.1) is 0 Å². The average molecular weight is 370 g/mol. The summed E-state index contributed by atoms with van der Waals surface area (Å²) in [5.74, 6) is -0.0311. The van der Waals surface area contributed by atoms with Gasteiger partial charge in [-0.3, -0.25) is 4.79 Å². The number of rotatable bonds is 12. The number of carbonyl (C=O) groups is 1. The van der Waals surface area contributed by atoms with Gasteiger partial charge in [-0.25, -0.2) is 0 Å². The highest BCUT2D eigenvalue weighted by atomic mass is 16.3. The van der Waals surface area contributed by atoms with Crippen molar-refractivity contribution in [2.45, 2.75) is 38.5 Å². The third kappa shape index (κ3) is 8.60. The normalized spacial score (nSPS) is 10.7. The van der Waals surface area contributed by atoms with Gasteiger partial charge >= 0.3 is 0 Å². The van der Waals surface area contributed by atoms with Crippen LogP contribution in [-0.2, 0) is 17.6 Å². The Morgan fingerprint density at radius 1 is 0.778 bits per heavy atom. The van der Waals surface area contributed by atoms with Crippen LogP contribution in [0.1, 0.15) is 36.8 Å². The van der Waals surface area contributed by atoms with Crippen LogP contribution in [-0.4, -0.2) is 35.8 Å². The molecule has 0 radical (unpaired) electrons. The van der Waals surface area contributed by atoms with Crippen LogP contribution in [0.15, 0.2) is 48.5 Å². The van der Waals surface area contributed by atoms with Gasteiger partial charge in [0.15, 0.2) is 11.5 Å². The van der Waals surface area contributed by atoms with E-state index in [0.717, 1.165) is 50.8 Å². The van der Waals surface area contributed by atoms with Crippen LogP contribution < -0.4 is 10.6 Å². The molecule has 2 aromatic rings. The highest BCUT2D eigenvalue weighted by Gasteiger charge is 2.02.